The summed E-state index contributed by atoms with van der Waals surface area (Å²) in [5, 5.41) is 32.3. The van der Waals surface area contributed by atoms with Crippen LogP contribution in [0.1, 0.15) is 32.1 Å². The number of aryl methyl sites for hydroxylation is 2. The second-order valence-electron chi connectivity index (χ2n) is 9.15. The summed E-state index contributed by atoms with van der Waals surface area (Å²) in [6.07, 6.45) is 0. The van der Waals surface area contributed by atoms with Crippen LogP contribution >= 0.6 is 0 Å². The summed E-state index contributed by atoms with van der Waals surface area (Å²) in [6.45, 7) is 3.65. The SMILES string of the molecule is Cc1ccc2cccc(C(=O)[O-])c2n1.Cc1ccc2cccc(C(=O)[O-])c2n1.Oc1ccc(-c2ccccc2)cc1.[Al+3]. The molecule has 6 aromatic rings. The number of aromatic hydroxyl groups is 1. The fourth-order valence-corrected chi connectivity index (χ4v) is 4.10. The fourth-order valence-electron chi connectivity index (χ4n) is 4.10. The van der Waals surface area contributed by atoms with E-state index >= 15 is 0 Å². The summed E-state index contributed by atoms with van der Waals surface area (Å²) < 4.78 is 0. The van der Waals surface area contributed by atoms with Crippen molar-refractivity contribution in [2.45, 2.75) is 13.8 Å². The second kappa shape index (κ2) is 14.6. The van der Waals surface area contributed by atoms with Crippen LogP contribution in [-0.2, 0) is 0 Å². The molecule has 0 bridgehead atoms. The Hall–Kier alpha value is -5.03. The molecule has 6 rings (SSSR count). The predicted octanol–water partition coefficient (Wildman–Crippen LogP) is 4.49. The Morgan fingerprint density at radius 3 is 1.40 bits per heavy atom. The first-order valence-corrected chi connectivity index (χ1v) is 12.7. The molecule has 0 aliphatic carbocycles. The predicted molar refractivity (Wildman–Crippen MR) is 161 cm³/mol. The molecule has 7 nitrogen and oxygen atoms in total. The van der Waals surface area contributed by atoms with Gasteiger partial charge in [0.05, 0.1) is 23.0 Å². The number of carboxylic acid groups (broad SMARTS) is 2. The zero-order chi connectivity index (χ0) is 29.4. The largest absolute Gasteiger partial charge is 3.00 e. The van der Waals surface area contributed by atoms with Gasteiger partial charge in [-0.2, -0.15) is 0 Å². The minimum absolute atomic E-state index is 0. The van der Waals surface area contributed by atoms with Crippen LogP contribution in [0, 0.1) is 13.8 Å². The number of para-hydroxylation sites is 2. The number of aromatic nitrogens is 2. The van der Waals surface area contributed by atoms with E-state index in [2.05, 4.69) is 9.97 Å². The Bertz CT molecular complexity index is 1730. The maximum Gasteiger partial charge on any atom is 3.00 e. The van der Waals surface area contributed by atoms with Crippen LogP contribution in [0.2, 0.25) is 0 Å². The second-order valence-corrected chi connectivity index (χ2v) is 9.15. The number of phenolic OH excluding ortho intramolecular Hbond substituents is 1. The fraction of sp³-hybridized carbons (Fsp3) is 0.0588. The van der Waals surface area contributed by atoms with Gasteiger partial charge < -0.3 is 24.9 Å². The van der Waals surface area contributed by atoms with E-state index in [9.17, 15) is 19.8 Å². The third-order valence-corrected chi connectivity index (χ3v) is 6.13. The first-order chi connectivity index (χ1) is 19.7. The molecule has 42 heavy (non-hydrogen) atoms. The number of hydrogen-bond donors (Lipinski definition) is 1. The summed E-state index contributed by atoms with van der Waals surface area (Å²) in [7, 11) is 0. The van der Waals surface area contributed by atoms with Gasteiger partial charge in [0.2, 0.25) is 0 Å². The molecular formula is C34H26AlN2O5+. The van der Waals surface area contributed by atoms with Crippen molar-refractivity contribution in [3.05, 3.63) is 138 Å². The summed E-state index contributed by atoms with van der Waals surface area (Å²) >= 11 is 0. The molecule has 204 valence electrons. The van der Waals surface area contributed by atoms with Gasteiger partial charge in [0.25, 0.3) is 0 Å². The van der Waals surface area contributed by atoms with E-state index in [4.69, 9.17) is 5.11 Å². The third-order valence-electron chi connectivity index (χ3n) is 6.13. The maximum absolute atomic E-state index is 10.8. The average molecular weight is 570 g/mol. The third kappa shape index (κ3) is 8.01. The average Bonchev–Trinajstić information content (AvgIpc) is 2.98. The Morgan fingerprint density at radius 1 is 0.548 bits per heavy atom. The first-order valence-electron chi connectivity index (χ1n) is 12.7. The van der Waals surface area contributed by atoms with Crippen molar-refractivity contribution in [1.29, 1.82) is 0 Å². The van der Waals surface area contributed by atoms with E-state index in [0.29, 0.717) is 16.8 Å². The molecular weight excluding hydrogens is 543 g/mol. The number of aromatic carboxylic acids is 2. The van der Waals surface area contributed by atoms with Crippen molar-refractivity contribution >= 4 is 51.1 Å². The number of fused-ring (bicyclic) bond motifs is 2. The monoisotopic (exact) mass is 569 g/mol. The summed E-state index contributed by atoms with van der Waals surface area (Å²) in [5.41, 5.74) is 5.16. The molecule has 8 heteroatoms. The van der Waals surface area contributed by atoms with E-state index in [1.165, 1.54) is 17.7 Å². The van der Waals surface area contributed by atoms with Crippen molar-refractivity contribution in [1.82, 2.24) is 9.97 Å². The number of nitrogens with zero attached hydrogens (tertiary/aromatic N) is 2. The van der Waals surface area contributed by atoms with Gasteiger partial charge in [-0.25, -0.2) is 0 Å². The minimum Gasteiger partial charge on any atom is -0.545 e. The number of carbonyl (C=O) groups excluding carboxylic acids is 2. The van der Waals surface area contributed by atoms with Gasteiger partial charge in [0, 0.05) is 33.3 Å². The van der Waals surface area contributed by atoms with Gasteiger partial charge in [-0.15, -0.1) is 0 Å². The topological polar surface area (TPSA) is 126 Å². The molecule has 0 saturated heterocycles. The Morgan fingerprint density at radius 2 is 0.976 bits per heavy atom. The number of phenols is 1. The van der Waals surface area contributed by atoms with Crippen LogP contribution in [0.25, 0.3) is 32.9 Å². The Balaban J connectivity index is 0.000000171. The van der Waals surface area contributed by atoms with Crippen molar-refractivity contribution in [3.63, 3.8) is 0 Å². The normalized spacial score (nSPS) is 9.95. The van der Waals surface area contributed by atoms with Crippen molar-refractivity contribution < 1.29 is 24.9 Å². The van der Waals surface area contributed by atoms with Crippen LogP contribution in [0.4, 0.5) is 0 Å². The number of benzene rings is 4. The molecule has 0 saturated carbocycles. The zero-order valence-electron chi connectivity index (χ0n) is 23.0. The molecule has 0 spiro atoms. The van der Waals surface area contributed by atoms with E-state index in [-0.39, 0.29) is 28.5 Å². The number of hydrogen-bond acceptors (Lipinski definition) is 7. The number of carboxylic acids is 2. The van der Waals surface area contributed by atoms with Crippen LogP contribution in [-0.4, -0.2) is 44.4 Å². The maximum atomic E-state index is 10.8. The van der Waals surface area contributed by atoms with Crippen molar-refractivity contribution in [2.24, 2.45) is 0 Å². The number of pyridine rings is 2. The van der Waals surface area contributed by atoms with Crippen molar-refractivity contribution in [3.8, 4) is 16.9 Å². The van der Waals surface area contributed by atoms with Gasteiger partial charge in [-0.05, 0) is 49.2 Å². The van der Waals surface area contributed by atoms with Gasteiger partial charge in [-0.1, -0.05) is 91.0 Å². The van der Waals surface area contributed by atoms with Crippen molar-refractivity contribution in [2.75, 3.05) is 0 Å². The smallest absolute Gasteiger partial charge is 0.545 e. The first kappa shape index (κ1) is 31.5. The van der Waals surface area contributed by atoms with E-state index in [1.807, 2.05) is 92.7 Å². The summed E-state index contributed by atoms with van der Waals surface area (Å²) in [5.74, 6) is -2.07. The van der Waals surface area contributed by atoms with Crippen LogP contribution < -0.4 is 10.2 Å². The van der Waals surface area contributed by atoms with Gasteiger partial charge in [0.1, 0.15) is 5.75 Å². The van der Waals surface area contributed by atoms with Gasteiger partial charge >= 0.3 is 17.4 Å². The number of carbonyl (C=O) groups is 2. The van der Waals surface area contributed by atoms with Crippen LogP contribution in [0.3, 0.4) is 0 Å². The molecule has 0 aliphatic heterocycles. The standard InChI is InChI=1S/C12H10O.2C11H9NO2.Al/c13-12-8-6-11(7-9-12)10-4-2-1-3-5-10;2*1-7-5-6-8-3-2-4-9(11(13)14)10(8)12-7;/h1-9,13H;2*2-6H,1H3,(H,13,14);/q;;;+3/p-2. The minimum atomic E-state index is -1.19. The molecule has 2 heterocycles. The zero-order valence-corrected chi connectivity index (χ0v) is 24.2. The molecule has 0 aliphatic rings. The summed E-state index contributed by atoms with van der Waals surface area (Å²) in [6, 6.07) is 34.7. The summed E-state index contributed by atoms with van der Waals surface area (Å²) in [4.78, 5) is 29.9. The van der Waals surface area contributed by atoms with E-state index < -0.39 is 11.9 Å². The van der Waals surface area contributed by atoms with Gasteiger partial charge in [0.15, 0.2) is 0 Å². The molecule has 0 amide bonds. The molecule has 1 N–H and O–H groups in total. The molecule has 0 fully saturated rings. The molecule has 2 aromatic heterocycles. The molecule has 0 atom stereocenters. The van der Waals surface area contributed by atoms with Crippen LogP contribution in [0.5, 0.6) is 5.75 Å². The molecule has 0 unspecified atom stereocenters. The van der Waals surface area contributed by atoms with Crippen LogP contribution in [0.15, 0.2) is 115 Å². The molecule has 0 radical (unpaired) electrons. The van der Waals surface area contributed by atoms with Gasteiger partial charge in [-0.3, -0.25) is 9.97 Å². The quantitative estimate of drug-likeness (QED) is 0.311. The van der Waals surface area contributed by atoms with E-state index in [0.717, 1.165) is 27.7 Å². The van der Waals surface area contributed by atoms with E-state index in [1.54, 1.807) is 24.3 Å². The number of rotatable bonds is 3. The molecule has 4 aromatic carbocycles. The Labute approximate surface area is 253 Å². The Kier molecular flexibility index (Phi) is 10.9.